The summed E-state index contributed by atoms with van der Waals surface area (Å²) < 4.78 is 65.9. The van der Waals surface area contributed by atoms with Gasteiger partial charge in [-0.25, -0.2) is 0 Å². The van der Waals surface area contributed by atoms with Gasteiger partial charge in [-0.15, -0.1) is 0 Å². The number of hydrogen-bond donors (Lipinski definition) is 0. The molecule has 0 aliphatic carbocycles. The summed E-state index contributed by atoms with van der Waals surface area (Å²) in [6.07, 6.45) is -4.45. The van der Waals surface area contributed by atoms with E-state index in [1.165, 1.54) is 0 Å². The minimum atomic E-state index is -4.74. The quantitative estimate of drug-likeness (QED) is 0.631. The van der Waals surface area contributed by atoms with E-state index in [9.17, 15) is 17.6 Å². The van der Waals surface area contributed by atoms with Gasteiger partial charge >= 0.3 is 18.0 Å². The van der Waals surface area contributed by atoms with E-state index in [0.29, 0.717) is 6.92 Å². The molecule has 116 valence electrons. The Kier molecular flexibility index (Phi) is 4.17. The lowest BCUT2D eigenvalue weighted by Gasteiger charge is -2.24. The highest BCUT2D eigenvalue weighted by molar-refractivity contribution is 5.01. The maximum atomic E-state index is 12.0. The molecule has 2 heterocycles. The van der Waals surface area contributed by atoms with E-state index in [-0.39, 0.29) is 6.26 Å². The van der Waals surface area contributed by atoms with Crippen molar-refractivity contribution in [3.8, 4) is 0 Å². The van der Waals surface area contributed by atoms with Crippen LogP contribution >= 0.6 is 0 Å². The van der Waals surface area contributed by atoms with Gasteiger partial charge in [-0.1, -0.05) is 0 Å². The number of halogens is 4. The third-order valence-electron chi connectivity index (χ3n) is 2.48. The lowest BCUT2D eigenvalue weighted by molar-refractivity contribution is -0.333. The summed E-state index contributed by atoms with van der Waals surface area (Å²) in [6, 6.07) is -1.37. The third kappa shape index (κ3) is 3.71. The Morgan fingerprint density at radius 2 is 1.40 bits per heavy atom. The molecular weight excluding hydrogens is 284 g/mol. The van der Waals surface area contributed by atoms with Gasteiger partial charge in [-0.3, -0.25) is 0 Å². The minimum absolute atomic E-state index is 0.285. The molecule has 2 aliphatic rings. The number of ether oxygens (including phenoxy) is 4. The van der Waals surface area contributed by atoms with Crippen LogP contribution in [0.2, 0.25) is 0 Å². The van der Waals surface area contributed by atoms with Crippen LogP contribution in [0.3, 0.4) is 0 Å². The minimum Gasteiger partial charge on any atom is -0.454 e. The largest absolute Gasteiger partial charge is 0.467 e. The summed E-state index contributed by atoms with van der Waals surface area (Å²) >= 11 is 0. The fourth-order valence-electron chi connectivity index (χ4n) is 1.42. The third-order valence-corrected chi connectivity index (χ3v) is 2.48. The van der Waals surface area contributed by atoms with Gasteiger partial charge in [0, 0.05) is 20.8 Å². The van der Waals surface area contributed by atoms with Crippen LogP contribution in [0.25, 0.3) is 0 Å². The predicted molar refractivity (Wildman–Crippen MR) is 60.4 cm³/mol. The first-order valence-corrected chi connectivity index (χ1v) is 5.71. The molecule has 2 aliphatic heterocycles. The standard InChI is InChI=1S/C7H12O2.C5H4F4O2/c1-5-6(2)9-7(3,4)8-5;1-4(5(7,8)9)10-2-3(6)11-4/h1-4H3;2H,1H3. The van der Waals surface area contributed by atoms with Crippen molar-refractivity contribution >= 4 is 0 Å². The fourth-order valence-corrected chi connectivity index (χ4v) is 1.42. The first-order chi connectivity index (χ1) is 8.86. The van der Waals surface area contributed by atoms with Crippen molar-refractivity contribution in [2.45, 2.75) is 52.4 Å². The van der Waals surface area contributed by atoms with Crippen molar-refractivity contribution < 1.29 is 36.5 Å². The van der Waals surface area contributed by atoms with Crippen molar-refractivity contribution in [1.29, 1.82) is 0 Å². The molecule has 2 rings (SSSR count). The molecule has 1 unspecified atom stereocenters. The normalized spacial score (nSPS) is 27.6. The van der Waals surface area contributed by atoms with Crippen molar-refractivity contribution in [3.63, 3.8) is 0 Å². The van der Waals surface area contributed by atoms with Crippen LogP contribution in [0, 0.1) is 0 Å². The Labute approximate surface area is 113 Å². The van der Waals surface area contributed by atoms with Gasteiger partial charge in [-0.05, 0) is 13.8 Å². The van der Waals surface area contributed by atoms with E-state index in [1.807, 2.05) is 27.7 Å². The van der Waals surface area contributed by atoms with E-state index in [0.717, 1.165) is 11.5 Å². The molecule has 0 bridgehead atoms. The Morgan fingerprint density at radius 1 is 0.950 bits per heavy atom. The van der Waals surface area contributed by atoms with Gasteiger partial charge in [0.2, 0.25) is 5.79 Å². The molecule has 0 fully saturated rings. The molecule has 0 aromatic heterocycles. The number of hydrogen-bond acceptors (Lipinski definition) is 4. The van der Waals surface area contributed by atoms with E-state index in [1.54, 1.807) is 0 Å². The molecule has 0 saturated carbocycles. The highest BCUT2D eigenvalue weighted by atomic mass is 19.4. The van der Waals surface area contributed by atoms with Gasteiger partial charge < -0.3 is 18.9 Å². The Bertz CT molecular complexity index is 423. The lowest BCUT2D eigenvalue weighted by atomic mass is 10.3. The van der Waals surface area contributed by atoms with Crippen LogP contribution in [0.5, 0.6) is 0 Å². The molecule has 0 saturated heterocycles. The molecular formula is C12H16F4O4. The SMILES string of the molecule is CC1(C(F)(F)F)OC=C(F)O1.CC1=C(C)OC(C)(C)O1. The summed E-state index contributed by atoms with van der Waals surface area (Å²) in [5, 5.41) is 0. The van der Waals surface area contributed by atoms with Gasteiger partial charge in [0.15, 0.2) is 6.26 Å². The van der Waals surface area contributed by atoms with Crippen molar-refractivity contribution in [1.82, 2.24) is 0 Å². The van der Waals surface area contributed by atoms with E-state index in [2.05, 4.69) is 9.47 Å². The first-order valence-electron chi connectivity index (χ1n) is 5.71. The highest BCUT2D eigenvalue weighted by Crippen LogP contribution is 2.39. The van der Waals surface area contributed by atoms with Gasteiger partial charge in [0.1, 0.15) is 11.5 Å². The van der Waals surface area contributed by atoms with E-state index >= 15 is 0 Å². The fraction of sp³-hybridized carbons (Fsp3) is 0.667. The molecule has 0 aromatic carbocycles. The number of rotatable bonds is 0. The average molecular weight is 300 g/mol. The Balaban J connectivity index is 0.000000204. The molecule has 0 N–H and O–H groups in total. The van der Waals surface area contributed by atoms with Crippen LogP contribution < -0.4 is 0 Å². The van der Waals surface area contributed by atoms with Crippen molar-refractivity contribution in [3.05, 3.63) is 23.8 Å². The van der Waals surface area contributed by atoms with Crippen LogP contribution in [0.15, 0.2) is 23.8 Å². The molecule has 0 spiro atoms. The Hall–Kier alpha value is -1.60. The monoisotopic (exact) mass is 300 g/mol. The number of alkyl halides is 3. The predicted octanol–water partition coefficient (Wildman–Crippen LogP) is 4.10. The Morgan fingerprint density at radius 3 is 1.55 bits per heavy atom. The van der Waals surface area contributed by atoms with Gasteiger partial charge in [0.25, 0.3) is 0 Å². The zero-order valence-corrected chi connectivity index (χ0v) is 11.7. The van der Waals surface area contributed by atoms with Crippen LogP contribution in [-0.2, 0) is 18.9 Å². The molecule has 1 atom stereocenters. The van der Waals surface area contributed by atoms with Crippen LogP contribution in [-0.4, -0.2) is 17.8 Å². The molecule has 4 nitrogen and oxygen atoms in total. The second kappa shape index (κ2) is 5.06. The highest BCUT2D eigenvalue weighted by Gasteiger charge is 2.59. The lowest BCUT2D eigenvalue weighted by Crippen LogP contribution is -2.43. The topological polar surface area (TPSA) is 36.9 Å². The van der Waals surface area contributed by atoms with Crippen molar-refractivity contribution in [2.24, 2.45) is 0 Å². The molecule has 0 radical (unpaired) electrons. The van der Waals surface area contributed by atoms with Crippen LogP contribution in [0.1, 0.15) is 34.6 Å². The molecule has 0 aromatic rings. The maximum absolute atomic E-state index is 12.0. The van der Waals surface area contributed by atoms with Gasteiger partial charge in [0.05, 0.1) is 0 Å². The summed E-state index contributed by atoms with van der Waals surface area (Å²) in [5.74, 6) is -1.52. The number of allylic oxidation sites excluding steroid dienone is 2. The second-order valence-corrected chi connectivity index (χ2v) is 4.80. The summed E-state index contributed by atoms with van der Waals surface area (Å²) in [5.41, 5.74) is 0. The first kappa shape index (κ1) is 16.5. The van der Waals surface area contributed by atoms with Crippen LogP contribution in [0.4, 0.5) is 17.6 Å². The van der Waals surface area contributed by atoms with Crippen molar-refractivity contribution in [2.75, 3.05) is 0 Å². The van der Waals surface area contributed by atoms with E-state index in [4.69, 9.17) is 9.47 Å². The molecule has 20 heavy (non-hydrogen) atoms. The average Bonchev–Trinajstić information content (AvgIpc) is 2.68. The smallest absolute Gasteiger partial charge is 0.454 e. The zero-order chi connectivity index (χ0) is 15.8. The summed E-state index contributed by atoms with van der Waals surface area (Å²) in [6.45, 7) is 8.20. The second-order valence-electron chi connectivity index (χ2n) is 4.80. The van der Waals surface area contributed by atoms with Gasteiger partial charge in [-0.2, -0.15) is 17.6 Å². The molecule has 0 amide bonds. The summed E-state index contributed by atoms with van der Waals surface area (Å²) in [4.78, 5) is 0. The maximum Gasteiger partial charge on any atom is 0.467 e. The van der Waals surface area contributed by atoms with E-state index < -0.39 is 23.8 Å². The molecule has 8 heteroatoms. The zero-order valence-electron chi connectivity index (χ0n) is 11.7. The summed E-state index contributed by atoms with van der Waals surface area (Å²) in [7, 11) is 0.